The molecule has 0 unspecified atom stereocenters. The average Bonchev–Trinajstić information content (AvgIpc) is 3.34. The third-order valence-corrected chi connectivity index (χ3v) is 6.03. The van der Waals surface area contributed by atoms with E-state index in [4.69, 9.17) is 9.47 Å². The van der Waals surface area contributed by atoms with Crippen LogP contribution in [-0.4, -0.2) is 42.5 Å². The molecule has 2 aliphatic rings. The number of benzene rings is 3. The molecule has 33 heavy (non-hydrogen) atoms. The van der Waals surface area contributed by atoms with Crippen LogP contribution in [0.25, 0.3) is 10.8 Å². The number of hydrogen-bond donors (Lipinski definition) is 2. The molecule has 1 saturated heterocycles. The molecule has 2 aliphatic heterocycles. The van der Waals surface area contributed by atoms with E-state index in [1.54, 1.807) is 23.1 Å². The maximum absolute atomic E-state index is 13.2. The van der Waals surface area contributed by atoms with E-state index >= 15 is 0 Å². The van der Waals surface area contributed by atoms with E-state index in [0.29, 0.717) is 48.6 Å². The van der Waals surface area contributed by atoms with E-state index in [2.05, 4.69) is 10.9 Å². The summed E-state index contributed by atoms with van der Waals surface area (Å²) in [5, 5.41) is 1.90. The van der Waals surface area contributed by atoms with Crippen molar-refractivity contribution < 1.29 is 23.9 Å². The number of nitrogens with one attached hydrogen (secondary N) is 2. The average molecular weight is 445 g/mol. The van der Waals surface area contributed by atoms with Gasteiger partial charge in [0, 0.05) is 24.2 Å². The summed E-state index contributed by atoms with van der Waals surface area (Å²) in [5.74, 6) is -0.207. The van der Waals surface area contributed by atoms with Crippen LogP contribution in [0.2, 0.25) is 0 Å². The molecule has 3 aromatic carbocycles. The second-order valence-corrected chi connectivity index (χ2v) is 8.13. The van der Waals surface area contributed by atoms with Crippen molar-refractivity contribution in [3.05, 3.63) is 71.8 Å². The van der Waals surface area contributed by atoms with Crippen molar-refractivity contribution in [2.24, 2.45) is 5.92 Å². The van der Waals surface area contributed by atoms with Crippen LogP contribution in [0.4, 0.5) is 0 Å². The number of nitrogens with zero attached hydrogens (tertiary/aromatic N) is 1. The predicted molar refractivity (Wildman–Crippen MR) is 121 cm³/mol. The highest BCUT2D eigenvalue weighted by molar-refractivity contribution is 6.07. The fourth-order valence-corrected chi connectivity index (χ4v) is 4.29. The first-order valence-electron chi connectivity index (χ1n) is 10.9. The van der Waals surface area contributed by atoms with Gasteiger partial charge in [-0.1, -0.05) is 36.4 Å². The normalized spacial score (nSPS) is 17.0. The lowest BCUT2D eigenvalue weighted by Gasteiger charge is -2.32. The molecule has 8 nitrogen and oxygen atoms in total. The van der Waals surface area contributed by atoms with E-state index in [-0.39, 0.29) is 18.6 Å². The number of carbonyl (C=O) groups excluding carboxylic acids is 3. The van der Waals surface area contributed by atoms with Crippen molar-refractivity contribution in [3.63, 3.8) is 0 Å². The van der Waals surface area contributed by atoms with Crippen molar-refractivity contribution in [1.82, 2.24) is 15.8 Å². The van der Waals surface area contributed by atoms with Crippen LogP contribution in [0.1, 0.15) is 33.6 Å². The summed E-state index contributed by atoms with van der Waals surface area (Å²) in [6, 6.07) is 18.2. The Bertz CT molecular complexity index is 1240. The molecular weight excluding hydrogens is 422 g/mol. The number of ether oxygens (including phenoxy) is 2. The summed E-state index contributed by atoms with van der Waals surface area (Å²) in [5.41, 5.74) is 5.92. The number of hydrogen-bond acceptors (Lipinski definition) is 5. The lowest BCUT2D eigenvalue weighted by atomic mass is 9.96. The maximum Gasteiger partial charge on any atom is 0.269 e. The number of fused-ring (bicyclic) bond motifs is 2. The Morgan fingerprint density at radius 1 is 0.909 bits per heavy atom. The highest BCUT2D eigenvalue weighted by atomic mass is 16.7. The van der Waals surface area contributed by atoms with Crippen LogP contribution in [-0.2, 0) is 4.79 Å². The Balaban J connectivity index is 1.22. The number of piperidine rings is 1. The van der Waals surface area contributed by atoms with Gasteiger partial charge in [-0.15, -0.1) is 0 Å². The Kier molecular flexibility index (Phi) is 5.56. The van der Waals surface area contributed by atoms with Gasteiger partial charge in [-0.3, -0.25) is 25.2 Å². The number of hydrazine groups is 1. The molecule has 0 radical (unpaired) electrons. The summed E-state index contributed by atoms with van der Waals surface area (Å²) in [6.45, 7) is 1.01. The monoisotopic (exact) mass is 445 g/mol. The Morgan fingerprint density at radius 3 is 2.64 bits per heavy atom. The Morgan fingerprint density at radius 2 is 1.73 bits per heavy atom. The molecule has 8 heteroatoms. The van der Waals surface area contributed by atoms with Gasteiger partial charge in [0.1, 0.15) is 0 Å². The molecule has 0 bridgehead atoms. The zero-order valence-electron chi connectivity index (χ0n) is 17.9. The molecule has 5 rings (SSSR count). The largest absolute Gasteiger partial charge is 0.454 e. The van der Waals surface area contributed by atoms with Crippen LogP contribution < -0.4 is 20.3 Å². The quantitative estimate of drug-likeness (QED) is 0.605. The summed E-state index contributed by atoms with van der Waals surface area (Å²) in [4.78, 5) is 40.1. The topological polar surface area (TPSA) is 97.0 Å². The smallest absolute Gasteiger partial charge is 0.269 e. The van der Waals surface area contributed by atoms with E-state index < -0.39 is 11.8 Å². The Labute approximate surface area is 190 Å². The highest BCUT2D eigenvalue weighted by Gasteiger charge is 2.30. The first kappa shape index (κ1) is 20.8. The fraction of sp³-hybridized carbons (Fsp3) is 0.240. The molecular formula is C25H23N3O5. The molecule has 0 aromatic heterocycles. The van der Waals surface area contributed by atoms with Crippen molar-refractivity contribution >= 4 is 28.5 Å². The fourth-order valence-electron chi connectivity index (χ4n) is 4.29. The third-order valence-electron chi connectivity index (χ3n) is 6.03. The van der Waals surface area contributed by atoms with Gasteiger partial charge in [-0.05, 0) is 47.9 Å². The molecule has 0 saturated carbocycles. The minimum Gasteiger partial charge on any atom is -0.454 e. The zero-order valence-corrected chi connectivity index (χ0v) is 17.9. The second kappa shape index (κ2) is 8.82. The van der Waals surface area contributed by atoms with Crippen LogP contribution >= 0.6 is 0 Å². The summed E-state index contributed by atoms with van der Waals surface area (Å²) < 4.78 is 10.5. The van der Waals surface area contributed by atoms with Gasteiger partial charge >= 0.3 is 0 Å². The summed E-state index contributed by atoms with van der Waals surface area (Å²) >= 11 is 0. The maximum atomic E-state index is 13.2. The van der Waals surface area contributed by atoms with Crippen molar-refractivity contribution in [3.8, 4) is 11.5 Å². The molecule has 3 amide bonds. The van der Waals surface area contributed by atoms with Gasteiger partial charge in [0.15, 0.2) is 11.5 Å². The molecule has 0 aliphatic carbocycles. The minimum absolute atomic E-state index is 0.0892. The van der Waals surface area contributed by atoms with Crippen LogP contribution in [0.15, 0.2) is 60.7 Å². The number of likely N-dealkylation sites (tertiary alicyclic amines) is 1. The molecule has 2 N–H and O–H groups in total. The summed E-state index contributed by atoms with van der Waals surface area (Å²) in [7, 11) is 0. The minimum atomic E-state index is -0.457. The van der Waals surface area contributed by atoms with E-state index in [0.717, 1.165) is 10.8 Å². The van der Waals surface area contributed by atoms with Crippen molar-refractivity contribution in [2.75, 3.05) is 19.9 Å². The predicted octanol–water partition coefficient (Wildman–Crippen LogP) is 2.88. The van der Waals surface area contributed by atoms with Gasteiger partial charge in [-0.25, -0.2) is 0 Å². The molecule has 1 fully saturated rings. The van der Waals surface area contributed by atoms with E-state index in [9.17, 15) is 14.4 Å². The van der Waals surface area contributed by atoms with Gasteiger partial charge < -0.3 is 14.4 Å². The second-order valence-electron chi connectivity index (χ2n) is 8.13. The number of rotatable bonds is 3. The van der Waals surface area contributed by atoms with Gasteiger partial charge in [-0.2, -0.15) is 0 Å². The van der Waals surface area contributed by atoms with Crippen LogP contribution in [0, 0.1) is 5.92 Å². The zero-order chi connectivity index (χ0) is 22.8. The molecule has 0 spiro atoms. The first-order chi connectivity index (χ1) is 16.1. The lowest BCUT2D eigenvalue weighted by molar-refractivity contribution is -0.127. The standard InChI is InChI=1S/C25H23N3O5/c29-23(17-10-11-21-22(13-17)33-15-32-21)26-27-24(30)18-7-4-12-28(14-18)25(31)20-9-3-6-16-5-1-2-8-19(16)20/h1-3,5-6,8-11,13,18H,4,7,12,14-15H2,(H,26,29)(H,27,30)/t18-/m1/s1. The van der Waals surface area contributed by atoms with Gasteiger partial charge in [0.2, 0.25) is 12.7 Å². The highest BCUT2D eigenvalue weighted by Crippen LogP contribution is 2.32. The van der Waals surface area contributed by atoms with Crippen molar-refractivity contribution in [2.45, 2.75) is 12.8 Å². The van der Waals surface area contributed by atoms with Crippen LogP contribution in [0.3, 0.4) is 0 Å². The summed E-state index contributed by atoms with van der Waals surface area (Å²) in [6.07, 6.45) is 1.36. The Hall–Kier alpha value is -4.07. The van der Waals surface area contributed by atoms with Gasteiger partial charge in [0.05, 0.1) is 5.92 Å². The van der Waals surface area contributed by atoms with E-state index in [1.807, 2.05) is 42.5 Å². The van der Waals surface area contributed by atoms with Crippen molar-refractivity contribution in [1.29, 1.82) is 0 Å². The number of carbonyl (C=O) groups is 3. The molecule has 2 heterocycles. The van der Waals surface area contributed by atoms with Crippen LogP contribution in [0.5, 0.6) is 11.5 Å². The molecule has 1 atom stereocenters. The molecule has 3 aromatic rings. The van der Waals surface area contributed by atoms with Gasteiger partial charge in [0.25, 0.3) is 11.8 Å². The SMILES string of the molecule is O=C(NNC(=O)[C@@H]1CCCN(C(=O)c2cccc3ccccc23)C1)c1ccc2c(c1)OCO2. The molecule has 168 valence electrons. The third kappa shape index (κ3) is 4.19. The number of amides is 3. The van der Waals surface area contributed by atoms with E-state index in [1.165, 1.54) is 0 Å². The lowest BCUT2D eigenvalue weighted by Crippen LogP contribution is -2.50. The first-order valence-corrected chi connectivity index (χ1v) is 10.9.